The number of aromatic carboxylic acids is 1. The minimum Gasteiger partial charge on any atom is -0.478 e. The number of nitrogens with zero attached hydrogens (tertiary/aromatic N) is 1. The van der Waals surface area contributed by atoms with Crippen LogP contribution in [-0.2, 0) is 13.1 Å². The van der Waals surface area contributed by atoms with Gasteiger partial charge in [-0.1, -0.05) is 6.92 Å². The van der Waals surface area contributed by atoms with Crippen LogP contribution in [0.5, 0.6) is 0 Å². The molecule has 0 aliphatic heterocycles. The summed E-state index contributed by atoms with van der Waals surface area (Å²) in [5.74, 6) is 0.543. The van der Waals surface area contributed by atoms with Crippen LogP contribution in [0.3, 0.4) is 0 Å². The van der Waals surface area contributed by atoms with Gasteiger partial charge in [0.1, 0.15) is 17.8 Å². The van der Waals surface area contributed by atoms with Gasteiger partial charge in [-0.2, -0.15) is 0 Å². The fraction of sp³-hybridized carbons (Fsp3) is 0.308. The molecule has 0 radical (unpaired) electrons. The minimum atomic E-state index is -0.973. The van der Waals surface area contributed by atoms with Crippen LogP contribution in [-0.4, -0.2) is 22.5 Å². The maximum atomic E-state index is 10.7. The van der Waals surface area contributed by atoms with Crippen LogP contribution in [0.4, 0.5) is 0 Å². The Morgan fingerprint density at radius 1 is 1.33 bits per heavy atom. The van der Waals surface area contributed by atoms with E-state index in [1.165, 1.54) is 6.26 Å². The third-order valence-corrected chi connectivity index (χ3v) is 2.69. The predicted octanol–water partition coefficient (Wildman–Crippen LogP) is 2.59. The maximum Gasteiger partial charge on any atom is 0.338 e. The van der Waals surface area contributed by atoms with E-state index in [1.807, 2.05) is 19.1 Å². The van der Waals surface area contributed by atoms with Gasteiger partial charge in [-0.3, -0.25) is 4.90 Å². The molecule has 0 fully saturated rings. The average Bonchev–Trinajstić information content (AvgIpc) is 2.99. The SMILES string of the molecule is CCN(Cc1ccco1)Cc1cc(C(=O)O)co1. The van der Waals surface area contributed by atoms with E-state index in [-0.39, 0.29) is 5.56 Å². The Morgan fingerprint density at radius 2 is 2.11 bits per heavy atom. The van der Waals surface area contributed by atoms with E-state index in [4.69, 9.17) is 13.9 Å². The van der Waals surface area contributed by atoms with Gasteiger partial charge in [-0.25, -0.2) is 4.79 Å². The van der Waals surface area contributed by atoms with E-state index in [1.54, 1.807) is 12.3 Å². The van der Waals surface area contributed by atoms with Gasteiger partial charge in [0.2, 0.25) is 0 Å². The van der Waals surface area contributed by atoms with Crippen molar-refractivity contribution >= 4 is 5.97 Å². The molecule has 0 amide bonds. The lowest BCUT2D eigenvalue weighted by Gasteiger charge is -2.17. The monoisotopic (exact) mass is 249 g/mol. The van der Waals surface area contributed by atoms with Crippen molar-refractivity contribution in [2.75, 3.05) is 6.54 Å². The molecule has 2 aromatic rings. The van der Waals surface area contributed by atoms with E-state index in [0.717, 1.165) is 12.3 Å². The summed E-state index contributed by atoms with van der Waals surface area (Å²) < 4.78 is 10.5. The molecule has 0 saturated carbocycles. The van der Waals surface area contributed by atoms with Gasteiger partial charge in [0.15, 0.2) is 0 Å². The van der Waals surface area contributed by atoms with Crippen molar-refractivity contribution in [3.63, 3.8) is 0 Å². The lowest BCUT2D eigenvalue weighted by atomic mass is 10.3. The summed E-state index contributed by atoms with van der Waals surface area (Å²) in [5, 5.41) is 8.81. The van der Waals surface area contributed by atoms with Crippen LogP contribution < -0.4 is 0 Å². The molecular formula is C13H15NO4. The summed E-state index contributed by atoms with van der Waals surface area (Å²) in [7, 11) is 0. The first-order valence-corrected chi connectivity index (χ1v) is 5.74. The maximum absolute atomic E-state index is 10.7. The van der Waals surface area contributed by atoms with E-state index in [2.05, 4.69) is 4.90 Å². The highest BCUT2D eigenvalue weighted by atomic mass is 16.4. The summed E-state index contributed by atoms with van der Waals surface area (Å²) in [6.45, 7) is 4.09. The first-order valence-electron chi connectivity index (χ1n) is 5.74. The molecule has 0 unspecified atom stereocenters. The van der Waals surface area contributed by atoms with Crippen molar-refractivity contribution in [2.24, 2.45) is 0 Å². The highest BCUT2D eigenvalue weighted by molar-refractivity contribution is 5.87. The number of rotatable bonds is 6. The lowest BCUT2D eigenvalue weighted by Crippen LogP contribution is -2.21. The van der Waals surface area contributed by atoms with Crippen LogP contribution in [0, 0.1) is 0 Å². The Hall–Kier alpha value is -2.01. The minimum absolute atomic E-state index is 0.180. The fourth-order valence-corrected chi connectivity index (χ4v) is 1.70. The smallest absolute Gasteiger partial charge is 0.338 e. The molecule has 2 rings (SSSR count). The van der Waals surface area contributed by atoms with E-state index in [9.17, 15) is 4.79 Å². The summed E-state index contributed by atoms with van der Waals surface area (Å²) in [6.07, 6.45) is 2.90. The lowest BCUT2D eigenvalue weighted by molar-refractivity contribution is 0.0696. The molecule has 0 saturated heterocycles. The molecule has 0 spiro atoms. The van der Waals surface area contributed by atoms with Gasteiger partial charge >= 0.3 is 5.97 Å². The number of carboxylic acids is 1. The molecule has 0 aliphatic carbocycles. The molecule has 96 valence electrons. The Kier molecular flexibility index (Phi) is 3.84. The second-order valence-corrected chi connectivity index (χ2v) is 3.99. The first-order chi connectivity index (χ1) is 8.69. The molecule has 18 heavy (non-hydrogen) atoms. The van der Waals surface area contributed by atoms with Crippen LogP contribution in [0.15, 0.2) is 39.6 Å². The highest BCUT2D eigenvalue weighted by Gasteiger charge is 2.12. The van der Waals surface area contributed by atoms with Gasteiger partial charge in [-0.05, 0) is 24.7 Å². The number of furan rings is 2. The molecule has 0 aromatic carbocycles. The van der Waals surface area contributed by atoms with Crippen molar-refractivity contribution in [1.82, 2.24) is 4.90 Å². The standard InChI is InChI=1S/C13H15NO4/c1-2-14(7-11-4-3-5-17-11)8-12-6-10(9-18-12)13(15)16/h3-6,9H,2,7-8H2,1H3,(H,15,16). The Bertz CT molecular complexity index is 501. The molecule has 0 bridgehead atoms. The van der Waals surface area contributed by atoms with Crippen LogP contribution in [0.2, 0.25) is 0 Å². The van der Waals surface area contributed by atoms with Crippen molar-refractivity contribution < 1.29 is 18.7 Å². The third kappa shape index (κ3) is 3.01. The van der Waals surface area contributed by atoms with Gasteiger partial charge in [0, 0.05) is 0 Å². The van der Waals surface area contributed by atoms with E-state index in [0.29, 0.717) is 18.8 Å². The van der Waals surface area contributed by atoms with E-state index >= 15 is 0 Å². The van der Waals surface area contributed by atoms with Crippen LogP contribution in [0.25, 0.3) is 0 Å². The Morgan fingerprint density at radius 3 is 2.67 bits per heavy atom. The number of hydrogen-bond acceptors (Lipinski definition) is 4. The molecule has 5 nitrogen and oxygen atoms in total. The molecule has 0 aliphatic rings. The molecule has 2 aromatic heterocycles. The third-order valence-electron chi connectivity index (χ3n) is 2.69. The summed E-state index contributed by atoms with van der Waals surface area (Å²) in [4.78, 5) is 12.8. The highest BCUT2D eigenvalue weighted by Crippen LogP contribution is 2.13. The van der Waals surface area contributed by atoms with Gasteiger partial charge in [0.25, 0.3) is 0 Å². The zero-order chi connectivity index (χ0) is 13.0. The number of hydrogen-bond donors (Lipinski definition) is 1. The summed E-state index contributed by atoms with van der Waals surface area (Å²) in [6, 6.07) is 5.30. The van der Waals surface area contributed by atoms with Gasteiger partial charge in [0.05, 0.1) is 24.9 Å². The number of carbonyl (C=O) groups is 1. The molecule has 5 heteroatoms. The summed E-state index contributed by atoms with van der Waals surface area (Å²) >= 11 is 0. The van der Waals surface area contributed by atoms with Crippen LogP contribution >= 0.6 is 0 Å². The van der Waals surface area contributed by atoms with Crippen LogP contribution in [0.1, 0.15) is 28.8 Å². The van der Waals surface area contributed by atoms with Crippen molar-refractivity contribution in [1.29, 1.82) is 0 Å². The zero-order valence-corrected chi connectivity index (χ0v) is 10.1. The first kappa shape index (κ1) is 12.4. The predicted molar refractivity (Wildman–Crippen MR) is 64.2 cm³/mol. The second kappa shape index (κ2) is 5.55. The second-order valence-electron chi connectivity index (χ2n) is 3.99. The topological polar surface area (TPSA) is 66.8 Å². The quantitative estimate of drug-likeness (QED) is 0.852. The molecular weight excluding hydrogens is 234 g/mol. The normalized spacial score (nSPS) is 11.0. The fourth-order valence-electron chi connectivity index (χ4n) is 1.70. The van der Waals surface area contributed by atoms with Crippen molar-refractivity contribution in [3.8, 4) is 0 Å². The van der Waals surface area contributed by atoms with Crippen molar-refractivity contribution in [2.45, 2.75) is 20.0 Å². The Labute approximate surface area is 105 Å². The molecule has 1 N–H and O–H groups in total. The largest absolute Gasteiger partial charge is 0.478 e. The Balaban J connectivity index is 1.98. The molecule has 2 heterocycles. The van der Waals surface area contributed by atoms with Crippen molar-refractivity contribution in [3.05, 3.63) is 47.8 Å². The number of carboxylic acid groups (broad SMARTS) is 1. The van der Waals surface area contributed by atoms with Gasteiger partial charge < -0.3 is 13.9 Å². The van der Waals surface area contributed by atoms with Gasteiger partial charge in [-0.15, -0.1) is 0 Å². The summed E-state index contributed by atoms with van der Waals surface area (Å²) in [5.41, 5.74) is 0.180. The zero-order valence-electron chi connectivity index (χ0n) is 10.1. The molecule has 0 atom stereocenters. The average molecular weight is 249 g/mol. The van der Waals surface area contributed by atoms with E-state index < -0.39 is 5.97 Å².